The summed E-state index contributed by atoms with van der Waals surface area (Å²) in [5.74, 6) is 0. The molecule has 6 nitrogen and oxygen atoms in total. The van der Waals surface area contributed by atoms with Gasteiger partial charge < -0.3 is 10.5 Å². The number of nitriles is 1. The summed E-state index contributed by atoms with van der Waals surface area (Å²) in [6, 6.07) is 5.01. The van der Waals surface area contributed by atoms with Gasteiger partial charge in [-0.1, -0.05) is 0 Å². The summed E-state index contributed by atoms with van der Waals surface area (Å²) < 4.78 is 31.6. The first-order valence-electron chi connectivity index (χ1n) is 6.24. The fraction of sp³-hybridized carbons (Fsp3) is 0.462. The topological polar surface area (TPSA) is 96.4 Å². The molecule has 0 amide bonds. The lowest BCUT2D eigenvalue weighted by molar-refractivity contribution is 0.0311. The van der Waals surface area contributed by atoms with Gasteiger partial charge in [0, 0.05) is 12.2 Å². The van der Waals surface area contributed by atoms with E-state index in [9.17, 15) is 8.42 Å². The Morgan fingerprint density at radius 3 is 2.75 bits per heavy atom. The summed E-state index contributed by atoms with van der Waals surface area (Å²) in [6.45, 7) is 4.18. The molecule has 2 N–H and O–H groups in total. The summed E-state index contributed by atoms with van der Waals surface area (Å²) in [5.41, 5.74) is 8.00. The lowest BCUT2D eigenvalue weighted by Gasteiger charge is -2.29. The molecule has 0 saturated carbocycles. The van der Waals surface area contributed by atoms with Crippen molar-refractivity contribution in [3.8, 4) is 6.07 Å². The molecule has 1 fully saturated rings. The van der Waals surface area contributed by atoms with E-state index in [1.54, 1.807) is 6.07 Å². The number of anilines is 1. The molecule has 1 aliphatic rings. The second kappa shape index (κ2) is 5.40. The van der Waals surface area contributed by atoms with Crippen LogP contribution in [0.15, 0.2) is 17.0 Å². The van der Waals surface area contributed by atoms with Crippen LogP contribution in [0.3, 0.4) is 0 Å². The Labute approximate surface area is 118 Å². The lowest BCUT2D eigenvalue weighted by Crippen LogP contribution is -2.45. The molecule has 0 aromatic heterocycles. The van der Waals surface area contributed by atoms with Gasteiger partial charge in [0.1, 0.15) is 0 Å². The highest BCUT2D eigenvalue weighted by Crippen LogP contribution is 2.25. The third kappa shape index (κ3) is 2.63. The van der Waals surface area contributed by atoms with Crippen molar-refractivity contribution in [1.82, 2.24) is 4.31 Å². The number of hydrogen-bond acceptors (Lipinski definition) is 5. The summed E-state index contributed by atoms with van der Waals surface area (Å²) in [7, 11) is -3.64. The largest absolute Gasteiger partial charge is 0.398 e. The molecule has 1 aromatic carbocycles. The normalized spacial score (nSPS) is 20.6. The Balaban J connectivity index is 2.38. The van der Waals surface area contributed by atoms with E-state index in [1.165, 1.54) is 10.4 Å². The van der Waals surface area contributed by atoms with Crippen LogP contribution in [0, 0.1) is 25.2 Å². The zero-order chi connectivity index (χ0) is 14.9. The van der Waals surface area contributed by atoms with Crippen molar-refractivity contribution in [2.75, 3.05) is 25.4 Å². The quantitative estimate of drug-likeness (QED) is 0.814. The van der Waals surface area contributed by atoms with Gasteiger partial charge in [-0.2, -0.15) is 9.57 Å². The number of morpholine rings is 1. The molecule has 20 heavy (non-hydrogen) atoms. The summed E-state index contributed by atoms with van der Waals surface area (Å²) >= 11 is 0. The average Bonchev–Trinajstić information content (AvgIpc) is 2.44. The van der Waals surface area contributed by atoms with Gasteiger partial charge in [-0.3, -0.25) is 0 Å². The number of nitrogens with zero attached hydrogens (tertiary/aromatic N) is 2. The Bertz CT molecular complexity index is 641. The van der Waals surface area contributed by atoms with Gasteiger partial charge in [-0.05, 0) is 37.1 Å². The minimum absolute atomic E-state index is 0.0473. The van der Waals surface area contributed by atoms with Gasteiger partial charge in [0.25, 0.3) is 0 Å². The third-order valence-electron chi connectivity index (χ3n) is 3.49. The van der Waals surface area contributed by atoms with Crippen LogP contribution >= 0.6 is 0 Å². The minimum Gasteiger partial charge on any atom is -0.398 e. The molecular weight excluding hydrogens is 278 g/mol. The second-order valence-corrected chi connectivity index (χ2v) is 6.74. The molecule has 7 heteroatoms. The number of aryl methyl sites for hydroxylation is 1. The number of nitrogens with two attached hydrogens (primary N) is 1. The Kier molecular flexibility index (Phi) is 3.99. The minimum atomic E-state index is -3.64. The lowest BCUT2D eigenvalue weighted by atomic mass is 10.1. The number of hydrogen-bond donors (Lipinski definition) is 1. The Morgan fingerprint density at radius 1 is 1.45 bits per heavy atom. The van der Waals surface area contributed by atoms with Crippen molar-refractivity contribution >= 4 is 15.7 Å². The maximum absolute atomic E-state index is 12.6. The number of ether oxygens (including phenoxy) is 1. The van der Waals surface area contributed by atoms with Gasteiger partial charge >= 0.3 is 0 Å². The van der Waals surface area contributed by atoms with E-state index in [2.05, 4.69) is 0 Å². The molecule has 1 saturated heterocycles. The molecule has 0 radical (unpaired) electrons. The average molecular weight is 295 g/mol. The smallest absolute Gasteiger partial charge is 0.243 e. The fourth-order valence-electron chi connectivity index (χ4n) is 2.07. The second-order valence-electron chi connectivity index (χ2n) is 4.81. The Morgan fingerprint density at radius 2 is 2.15 bits per heavy atom. The van der Waals surface area contributed by atoms with Gasteiger partial charge in [0.2, 0.25) is 10.0 Å². The predicted molar refractivity (Wildman–Crippen MR) is 74.4 cm³/mol. The number of nitrogen functional groups attached to an aromatic ring is 1. The molecular formula is C13H17N3O3S. The van der Waals surface area contributed by atoms with Crippen molar-refractivity contribution in [2.24, 2.45) is 0 Å². The molecule has 0 spiro atoms. The van der Waals surface area contributed by atoms with E-state index in [-0.39, 0.29) is 24.6 Å². The predicted octanol–water partition coefficient (Wildman–Crippen LogP) is 0.799. The highest BCUT2D eigenvalue weighted by molar-refractivity contribution is 7.89. The maximum Gasteiger partial charge on any atom is 0.243 e. The molecule has 1 heterocycles. The molecule has 0 aliphatic carbocycles. The standard InChI is InChI=1S/C13H17N3O3S/c1-9-5-12(6-13(15)10(9)2)20(17,18)16-3-4-19-11(7-14)8-16/h5-6,11H,3-4,8,15H2,1-2H3. The van der Waals surface area contributed by atoms with E-state index < -0.39 is 16.1 Å². The van der Waals surface area contributed by atoms with Crippen LogP contribution in [0.5, 0.6) is 0 Å². The molecule has 1 aliphatic heterocycles. The van der Waals surface area contributed by atoms with Crippen molar-refractivity contribution in [3.63, 3.8) is 0 Å². The molecule has 108 valence electrons. The number of sulfonamides is 1. The van der Waals surface area contributed by atoms with Gasteiger partial charge in [0.05, 0.1) is 24.1 Å². The molecule has 1 unspecified atom stereocenters. The van der Waals surface area contributed by atoms with E-state index >= 15 is 0 Å². The summed E-state index contributed by atoms with van der Waals surface area (Å²) in [4.78, 5) is 0.164. The van der Waals surface area contributed by atoms with Crippen molar-refractivity contribution in [1.29, 1.82) is 5.26 Å². The van der Waals surface area contributed by atoms with Crippen molar-refractivity contribution in [3.05, 3.63) is 23.3 Å². The van der Waals surface area contributed by atoms with Crippen LogP contribution in [0.4, 0.5) is 5.69 Å². The first-order chi connectivity index (χ1) is 9.36. The highest BCUT2D eigenvalue weighted by atomic mass is 32.2. The Hall–Kier alpha value is -1.62. The van der Waals surface area contributed by atoms with Crippen molar-refractivity contribution in [2.45, 2.75) is 24.8 Å². The zero-order valence-corrected chi connectivity index (χ0v) is 12.3. The van der Waals surface area contributed by atoms with Crippen LogP contribution in [0.2, 0.25) is 0 Å². The fourth-order valence-corrected chi connectivity index (χ4v) is 3.62. The summed E-state index contributed by atoms with van der Waals surface area (Å²) in [6.07, 6.45) is -0.720. The van der Waals surface area contributed by atoms with Gasteiger partial charge in [-0.25, -0.2) is 8.42 Å². The van der Waals surface area contributed by atoms with E-state index in [4.69, 9.17) is 15.7 Å². The zero-order valence-electron chi connectivity index (χ0n) is 11.5. The van der Waals surface area contributed by atoms with E-state index in [0.717, 1.165) is 11.1 Å². The molecule has 0 bridgehead atoms. The van der Waals surface area contributed by atoms with Gasteiger partial charge in [-0.15, -0.1) is 0 Å². The molecule has 1 atom stereocenters. The maximum atomic E-state index is 12.6. The van der Waals surface area contributed by atoms with E-state index in [0.29, 0.717) is 5.69 Å². The van der Waals surface area contributed by atoms with E-state index in [1.807, 2.05) is 19.9 Å². The number of rotatable bonds is 2. The monoisotopic (exact) mass is 295 g/mol. The van der Waals surface area contributed by atoms with Crippen LogP contribution in [-0.2, 0) is 14.8 Å². The highest BCUT2D eigenvalue weighted by Gasteiger charge is 2.31. The van der Waals surface area contributed by atoms with Crippen LogP contribution in [0.25, 0.3) is 0 Å². The van der Waals surface area contributed by atoms with Crippen LogP contribution in [-0.4, -0.2) is 38.5 Å². The first-order valence-corrected chi connectivity index (χ1v) is 7.68. The van der Waals surface area contributed by atoms with Gasteiger partial charge in [0.15, 0.2) is 6.10 Å². The molecule has 2 rings (SSSR count). The first kappa shape index (κ1) is 14.8. The summed E-state index contributed by atoms with van der Waals surface area (Å²) in [5, 5.41) is 8.85. The SMILES string of the molecule is Cc1cc(S(=O)(=O)N2CCOC(C#N)C2)cc(N)c1C. The van der Waals surface area contributed by atoms with Crippen LogP contribution in [0.1, 0.15) is 11.1 Å². The third-order valence-corrected chi connectivity index (χ3v) is 5.33. The van der Waals surface area contributed by atoms with Crippen LogP contribution < -0.4 is 5.73 Å². The number of benzene rings is 1. The molecule has 1 aromatic rings. The van der Waals surface area contributed by atoms with Crippen molar-refractivity contribution < 1.29 is 13.2 Å².